The van der Waals surface area contributed by atoms with E-state index in [0.29, 0.717) is 39.7 Å². The minimum absolute atomic E-state index is 0.0902. The van der Waals surface area contributed by atoms with Crippen molar-refractivity contribution in [1.82, 2.24) is 24.3 Å². The fourth-order valence-electron chi connectivity index (χ4n) is 3.33. The summed E-state index contributed by atoms with van der Waals surface area (Å²) < 4.78 is 3.75. The molecule has 1 aromatic carbocycles. The van der Waals surface area contributed by atoms with Crippen LogP contribution >= 0.6 is 11.6 Å². The van der Waals surface area contributed by atoms with Gasteiger partial charge in [-0.2, -0.15) is 5.10 Å². The second-order valence-corrected chi connectivity index (χ2v) is 6.94. The zero-order valence-corrected chi connectivity index (χ0v) is 15.8. The first kappa shape index (κ1) is 17.3. The number of aryl methyl sites for hydroxylation is 1. The van der Waals surface area contributed by atoms with Crippen molar-refractivity contribution in [1.29, 1.82) is 0 Å². The van der Waals surface area contributed by atoms with E-state index < -0.39 is 0 Å². The molecule has 0 unspecified atom stereocenters. The van der Waals surface area contributed by atoms with E-state index in [4.69, 9.17) is 22.4 Å². The minimum atomic E-state index is 0.0902. The molecule has 0 saturated carbocycles. The number of rotatable bonds is 4. The van der Waals surface area contributed by atoms with Crippen molar-refractivity contribution in [2.45, 2.75) is 19.9 Å². The van der Waals surface area contributed by atoms with Crippen molar-refractivity contribution in [2.75, 3.05) is 11.1 Å². The van der Waals surface area contributed by atoms with Crippen LogP contribution in [-0.4, -0.2) is 30.7 Å². The summed E-state index contributed by atoms with van der Waals surface area (Å²) in [5, 5.41) is 9.49. The molecule has 0 aliphatic carbocycles. The zero-order chi connectivity index (χ0) is 19.3. The Hall–Kier alpha value is -3.13. The molecule has 0 saturated heterocycles. The van der Waals surface area contributed by atoms with Gasteiger partial charge in [0.2, 0.25) is 6.41 Å². The predicted octanol–water partition coefficient (Wildman–Crippen LogP) is 3.37. The molecule has 9 heteroatoms. The number of anilines is 2. The Kier molecular flexibility index (Phi) is 4.00. The molecule has 27 heavy (non-hydrogen) atoms. The van der Waals surface area contributed by atoms with Gasteiger partial charge in [0.05, 0.1) is 21.6 Å². The predicted molar refractivity (Wildman–Crippen MR) is 107 cm³/mol. The fraction of sp³-hybridized carbons (Fsp3) is 0.222. The van der Waals surface area contributed by atoms with Crippen LogP contribution in [-0.2, 0) is 11.8 Å². The van der Waals surface area contributed by atoms with Gasteiger partial charge in [-0.25, -0.2) is 14.6 Å². The Morgan fingerprint density at radius 1 is 1.30 bits per heavy atom. The number of carbonyl (C=O) groups is 1. The summed E-state index contributed by atoms with van der Waals surface area (Å²) >= 11 is 6.73. The Bertz CT molecular complexity index is 1190. The lowest BCUT2D eigenvalue weighted by atomic mass is 10.2. The summed E-state index contributed by atoms with van der Waals surface area (Å²) in [6.45, 7) is 4.05. The zero-order valence-electron chi connectivity index (χ0n) is 15.1. The first-order valence-electron chi connectivity index (χ1n) is 8.41. The van der Waals surface area contributed by atoms with Gasteiger partial charge >= 0.3 is 0 Å². The van der Waals surface area contributed by atoms with Crippen LogP contribution in [0, 0.1) is 0 Å². The average Bonchev–Trinajstić information content (AvgIpc) is 3.13. The number of benzene rings is 1. The number of amides is 1. The second kappa shape index (κ2) is 6.24. The maximum Gasteiger partial charge on any atom is 0.211 e. The summed E-state index contributed by atoms with van der Waals surface area (Å²) in [4.78, 5) is 19.3. The van der Waals surface area contributed by atoms with Gasteiger partial charge in [0.15, 0.2) is 5.65 Å². The molecule has 4 aromatic rings. The summed E-state index contributed by atoms with van der Waals surface area (Å²) in [5.41, 5.74) is 9.72. The van der Waals surface area contributed by atoms with Crippen LogP contribution in [0.1, 0.15) is 19.9 Å². The number of nitrogens with two attached hydrogens (primary N) is 1. The Balaban J connectivity index is 2.07. The molecule has 0 fully saturated rings. The Labute approximate surface area is 159 Å². The van der Waals surface area contributed by atoms with Crippen LogP contribution in [0.2, 0.25) is 5.02 Å². The topological polar surface area (TPSA) is 104 Å². The number of nitrogens with zero attached hydrogens (tertiary/aromatic N) is 5. The lowest BCUT2D eigenvalue weighted by molar-refractivity contribution is -0.105. The van der Waals surface area contributed by atoms with Crippen LogP contribution in [0.4, 0.5) is 11.5 Å². The molecular weight excluding hydrogens is 366 g/mol. The Morgan fingerprint density at radius 2 is 2.07 bits per heavy atom. The van der Waals surface area contributed by atoms with Crippen molar-refractivity contribution in [2.24, 2.45) is 7.05 Å². The van der Waals surface area contributed by atoms with E-state index in [-0.39, 0.29) is 6.04 Å². The van der Waals surface area contributed by atoms with Crippen LogP contribution < -0.4 is 11.1 Å². The van der Waals surface area contributed by atoms with Crippen LogP contribution in [0.25, 0.3) is 33.3 Å². The molecule has 138 valence electrons. The molecule has 8 nitrogen and oxygen atoms in total. The summed E-state index contributed by atoms with van der Waals surface area (Å²) in [7, 11) is 1.90. The van der Waals surface area contributed by atoms with E-state index in [1.54, 1.807) is 6.07 Å². The SMILES string of the molecule is CC(C)n1nc(-c2c(Cl)c3ccc(NC=O)cc3n2C)c2c(N)ncnc21. The molecule has 3 N–H and O–H groups in total. The van der Waals surface area contributed by atoms with Gasteiger partial charge < -0.3 is 15.6 Å². The fourth-order valence-corrected chi connectivity index (χ4v) is 3.71. The summed E-state index contributed by atoms with van der Waals surface area (Å²) in [6, 6.07) is 5.62. The third-order valence-corrected chi connectivity index (χ3v) is 4.98. The van der Waals surface area contributed by atoms with Gasteiger partial charge in [0.1, 0.15) is 17.8 Å². The minimum Gasteiger partial charge on any atom is -0.383 e. The quantitative estimate of drug-likeness (QED) is 0.526. The monoisotopic (exact) mass is 383 g/mol. The van der Waals surface area contributed by atoms with Crippen molar-refractivity contribution in [3.05, 3.63) is 29.5 Å². The Morgan fingerprint density at radius 3 is 2.78 bits per heavy atom. The third kappa shape index (κ3) is 2.52. The average molecular weight is 384 g/mol. The van der Waals surface area contributed by atoms with Crippen LogP contribution in [0.15, 0.2) is 24.5 Å². The highest BCUT2D eigenvalue weighted by atomic mass is 35.5. The number of carbonyl (C=O) groups excluding carboxylic acids is 1. The number of nitrogens with one attached hydrogen (secondary N) is 1. The number of aromatic nitrogens is 5. The molecule has 0 radical (unpaired) electrons. The first-order valence-corrected chi connectivity index (χ1v) is 8.79. The van der Waals surface area contributed by atoms with Crippen molar-refractivity contribution in [3.63, 3.8) is 0 Å². The normalized spacial score (nSPS) is 11.6. The summed E-state index contributed by atoms with van der Waals surface area (Å²) in [6.07, 6.45) is 2.07. The van der Waals surface area contributed by atoms with E-state index in [1.807, 2.05) is 42.3 Å². The smallest absolute Gasteiger partial charge is 0.211 e. The largest absolute Gasteiger partial charge is 0.383 e. The highest BCUT2D eigenvalue weighted by Gasteiger charge is 2.24. The second-order valence-electron chi connectivity index (χ2n) is 6.56. The molecule has 4 rings (SSSR count). The lowest BCUT2D eigenvalue weighted by Gasteiger charge is -2.05. The number of nitrogen functional groups attached to an aromatic ring is 1. The molecule has 0 aliphatic rings. The summed E-state index contributed by atoms with van der Waals surface area (Å²) in [5.74, 6) is 0.353. The van der Waals surface area contributed by atoms with Gasteiger partial charge in [0.25, 0.3) is 0 Å². The number of fused-ring (bicyclic) bond motifs is 2. The van der Waals surface area contributed by atoms with Crippen LogP contribution in [0.5, 0.6) is 0 Å². The molecule has 1 amide bonds. The maximum atomic E-state index is 10.8. The lowest BCUT2D eigenvalue weighted by Crippen LogP contribution is -2.04. The van der Waals surface area contributed by atoms with Gasteiger partial charge in [-0.3, -0.25) is 4.79 Å². The van der Waals surface area contributed by atoms with Gasteiger partial charge in [-0.05, 0) is 32.0 Å². The van der Waals surface area contributed by atoms with Crippen molar-refractivity contribution < 1.29 is 4.79 Å². The van der Waals surface area contributed by atoms with Gasteiger partial charge in [0, 0.05) is 24.2 Å². The number of hydrogen-bond donors (Lipinski definition) is 2. The molecule has 0 atom stereocenters. The maximum absolute atomic E-state index is 10.8. The van der Waals surface area contributed by atoms with Crippen molar-refractivity contribution in [3.8, 4) is 11.4 Å². The third-order valence-electron chi connectivity index (χ3n) is 4.60. The van der Waals surface area contributed by atoms with Crippen molar-refractivity contribution >= 4 is 51.5 Å². The highest BCUT2D eigenvalue weighted by molar-refractivity contribution is 6.39. The van der Waals surface area contributed by atoms with Crippen LogP contribution in [0.3, 0.4) is 0 Å². The van der Waals surface area contributed by atoms with E-state index in [2.05, 4.69) is 15.3 Å². The van der Waals surface area contributed by atoms with E-state index in [0.717, 1.165) is 16.6 Å². The molecule has 0 spiro atoms. The van der Waals surface area contributed by atoms with E-state index >= 15 is 0 Å². The van der Waals surface area contributed by atoms with E-state index in [1.165, 1.54) is 6.33 Å². The molecule has 3 heterocycles. The van der Waals surface area contributed by atoms with Gasteiger partial charge in [-0.15, -0.1) is 0 Å². The van der Waals surface area contributed by atoms with Gasteiger partial charge in [-0.1, -0.05) is 11.6 Å². The molecular formula is C18H18ClN7O. The molecule has 0 bridgehead atoms. The van der Waals surface area contributed by atoms with E-state index in [9.17, 15) is 4.79 Å². The first-order chi connectivity index (χ1) is 12.9. The molecule has 3 aromatic heterocycles. The standard InChI is InChI=1S/C18H18ClN7O/c1-9(2)26-18-13(17(20)21-7-22-18)15(24-26)16-14(19)11-5-4-10(23-8-27)6-12(11)25(16)3/h4-9H,1-3H3,(H,23,27)(H2,20,21,22). The number of halogens is 1. The molecule has 0 aliphatic heterocycles. The number of hydrogen-bond acceptors (Lipinski definition) is 5. The highest BCUT2D eigenvalue weighted by Crippen LogP contribution is 2.41.